The van der Waals surface area contributed by atoms with Crippen LogP contribution in [0.1, 0.15) is 16.4 Å². The highest BCUT2D eigenvalue weighted by Crippen LogP contribution is 2.24. The van der Waals surface area contributed by atoms with Crippen molar-refractivity contribution in [1.29, 1.82) is 0 Å². The molecular weight excluding hydrogens is 204 g/mol. The van der Waals surface area contributed by atoms with Gasteiger partial charge in [-0.1, -0.05) is 36.4 Å². The maximum Gasteiger partial charge on any atom is 0.0510 e. The Kier molecular flexibility index (Phi) is 3.54. The molecule has 0 saturated heterocycles. The number of hydrogen-bond acceptors (Lipinski definition) is 2. The van der Waals surface area contributed by atoms with E-state index in [0.29, 0.717) is 0 Å². The summed E-state index contributed by atoms with van der Waals surface area (Å²) in [5.74, 6) is 0.243. The number of aliphatic hydroxyl groups is 1. The Morgan fingerprint density at radius 1 is 1.07 bits per heavy atom. The topological polar surface area (TPSA) is 20.2 Å². The van der Waals surface area contributed by atoms with Crippen molar-refractivity contribution in [3.8, 4) is 0 Å². The molecule has 0 aliphatic carbocycles. The number of rotatable bonds is 4. The summed E-state index contributed by atoms with van der Waals surface area (Å²) in [6.45, 7) is 0.218. The van der Waals surface area contributed by atoms with Gasteiger partial charge in [-0.05, 0) is 23.4 Å². The molecule has 0 aliphatic heterocycles. The number of thiophene rings is 1. The molecule has 1 atom stereocenters. The highest BCUT2D eigenvalue weighted by atomic mass is 32.1. The molecule has 0 aliphatic rings. The van der Waals surface area contributed by atoms with Crippen molar-refractivity contribution in [3.63, 3.8) is 0 Å². The van der Waals surface area contributed by atoms with E-state index in [-0.39, 0.29) is 12.5 Å². The number of hydrogen-bond donors (Lipinski definition) is 1. The number of aliphatic hydroxyl groups excluding tert-OH is 1. The van der Waals surface area contributed by atoms with Crippen LogP contribution in [0, 0.1) is 0 Å². The second kappa shape index (κ2) is 5.10. The summed E-state index contributed by atoms with van der Waals surface area (Å²) in [5, 5.41) is 11.4. The largest absolute Gasteiger partial charge is 0.396 e. The fourth-order valence-electron chi connectivity index (χ4n) is 1.68. The summed E-state index contributed by atoms with van der Waals surface area (Å²) in [6, 6.07) is 14.4. The maximum absolute atomic E-state index is 9.37. The summed E-state index contributed by atoms with van der Waals surface area (Å²) in [4.78, 5) is 1.27. The fourth-order valence-corrected chi connectivity index (χ4v) is 2.50. The van der Waals surface area contributed by atoms with Gasteiger partial charge in [0.05, 0.1) is 6.61 Å². The molecule has 1 nitrogen and oxygen atoms in total. The van der Waals surface area contributed by atoms with E-state index in [4.69, 9.17) is 0 Å². The van der Waals surface area contributed by atoms with Crippen molar-refractivity contribution in [2.24, 2.45) is 0 Å². The average molecular weight is 218 g/mol. The van der Waals surface area contributed by atoms with Crippen LogP contribution in [-0.2, 0) is 6.42 Å². The summed E-state index contributed by atoms with van der Waals surface area (Å²) in [7, 11) is 0. The minimum atomic E-state index is 0.218. The van der Waals surface area contributed by atoms with Gasteiger partial charge in [0.25, 0.3) is 0 Å². The van der Waals surface area contributed by atoms with Crippen LogP contribution in [0.3, 0.4) is 0 Å². The van der Waals surface area contributed by atoms with Crippen molar-refractivity contribution in [2.45, 2.75) is 12.3 Å². The van der Waals surface area contributed by atoms with Crippen LogP contribution in [0.25, 0.3) is 0 Å². The van der Waals surface area contributed by atoms with Crippen LogP contribution in [0.2, 0.25) is 0 Å². The van der Waals surface area contributed by atoms with E-state index in [1.807, 2.05) is 24.3 Å². The van der Waals surface area contributed by atoms with Gasteiger partial charge < -0.3 is 5.11 Å². The monoisotopic (exact) mass is 218 g/mol. The van der Waals surface area contributed by atoms with Gasteiger partial charge in [0.1, 0.15) is 0 Å². The van der Waals surface area contributed by atoms with E-state index in [1.54, 1.807) is 11.3 Å². The molecule has 0 radical (unpaired) electrons. The van der Waals surface area contributed by atoms with Gasteiger partial charge in [-0.3, -0.25) is 0 Å². The van der Waals surface area contributed by atoms with E-state index < -0.39 is 0 Å². The van der Waals surface area contributed by atoms with Crippen LogP contribution in [-0.4, -0.2) is 11.7 Å². The summed E-state index contributed by atoms with van der Waals surface area (Å²) < 4.78 is 0. The predicted molar refractivity (Wildman–Crippen MR) is 64.3 cm³/mol. The van der Waals surface area contributed by atoms with Crippen LogP contribution in [0.5, 0.6) is 0 Å². The summed E-state index contributed by atoms with van der Waals surface area (Å²) in [6.07, 6.45) is 0.915. The SMILES string of the molecule is OCC(Cc1ccccc1)c1cccs1. The first-order valence-corrected chi connectivity index (χ1v) is 5.96. The zero-order chi connectivity index (χ0) is 10.5. The summed E-state index contributed by atoms with van der Waals surface area (Å²) >= 11 is 1.71. The van der Waals surface area contributed by atoms with Gasteiger partial charge in [0.2, 0.25) is 0 Å². The molecule has 2 rings (SSSR count). The highest BCUT2D eigenvalue weighted by molar-refractivity contribution is 7.10. The molecule has 2 aromatic rings. The second-order valence-corrected chi connectivity index (χ2v) is 4.56. The van der Waals surface area contributed by atoms with Gasteiger partial charge in [0.15, 0.2) is 0 Å². The van der Waals surface area contributed by atoms with Crippen molar-refractivity contribution < 1.29 is 5.11 Å². The molecule has 0 bridgehead atoms. The minimum absolute atomic E-state index is 0.218. The van der Waals surface area contributed by atoms with Gasteiger partial charge in [-0.2, -0.15) is 0 Å². The van der Waals surface area contributed by atoms with Crippen molar-refractivity contribution in [1.82, 2.24) is 0 Å². The average Bonchev–Trinajstić information content (AvgIpc) is 2.81. The molecule has 2 heteroatoms. The normalized spacial score (nSPS) is 12.6. The predicted octanol–water partition coefficient (Wildman–Crippen LogP) is 3.07. The Bertz CT molecular complexity index is 380. The Morgan fingerprint density at radius 2 is 1.87 bits per heavy atom. The Balaban J connectivity index is 2.10. The molecular formula is C13H14OS. The van der Waals surface area contributed by atoms with Gasteiger partial charge in [-0.25, -0.2) is 0 Å². The van der Waals surface area contributed by atoms with E-state index >= 15 is 0 Å². The lowest BCUT2D eigenvalue weighted by atomic mass is 9.99. The zero-order valence-corrected chi connectivity index (χ0v) is 9.28. The molecule has 1 aromatic carbocycles. The Hall–Kier alpha value is -1.12. The minimum Gasteiger partial charge on any atom is -0.396 e. The molecule has 15 heavy (non-hydrogen) atoms. The van der Waals surface area contributed by atoms with Crippen LogP contribution >= 0.6 is 11.3 Å². The molecule has 1 aromatic heterocycles. The fraction of sp³-hybridized carbons (Fsp3) is 0.231. The van der Waals surface area contributed by atoms with E-state index in [0.717, 1.165) is 6.42 Å². The molecule has 0 fully saturated rings. The second-order valence-electron chi connectivity index (χ2n) is 3.58. The van der Waals surface area contributed by atoms with Crippen LogP contribution in [0.15, 0.2) is 47.8 Å². The molecule has 78 valence electrons. The third kappa shape index (κ3) is 2.67. The molecule has 0 spiro atoms. The lowest BCUT2D eigenvalue weighted by molar-refractivity contribution is 0.266. The number of benzene rings is 1. The lowest BCUT2D eigenvalue weighted by Gasteiger charge is -2.11. The third-order valence-electron chi connectivity index (χ3n) is 2.49. The first-order valence-electron chi connectivity index (χ1n) is 5.08. The molecule has 0 amide bonds. The van der Waals surface area contributed by atoms with Gasteiger partial charge in [-0.15, -0.1) is 11.3 Å². The molecule has 1 N–H and O–H groups in total. The van der Waals surface area contributed by atoms with Gasteiger partial charge >= 0.3 is 0 Å². The van der Waals surface area contributed by atoms with Crippen molar-refractivity contribution in [2.75, 3.05) is 6.61 Å². The third-order valence-corrected chi connectivity index (χ3v) is 3.53. The van der Waals surface area contributed by atoms with E-state index in [2.05, 4.69) is 23.6 Å². The lowest BCUT2D eigenvalue weighted by Crippen LogP contribution is -2.05. The quantitative estimate of drug-likeness (QED) is 0.836. The van der Waals surface area contributed by atoms with Crippen molar-refractivity contribution in [3.05, 3.63) is 58.3 Å². The van der Waals surface area contributed by atoms with Crippen LogP contribution in [0.4, 0.5) is 0 Å². The Labute approximate surface area is 94.0 Å². The zero-order valence-electron chi connectivity index (χ0n) is 8.47. The van der Waals surface area contributed by atoms with Crippen LogP contribution < -0.4 is 0 Å². The van der Waals surface area contributed by atoms with E-state index in [1.165, 1.54) is 10.4 Å². The smallest absolute Gasteiger partial charge is 0.0510 e. The van der Waals surface area contributed by atoms with Gasteiger partial charge in [0, 0.05) is 10.8 Å². The van der Waals surface area contributed by atoms with E-state index in [9.17, 15) is 5.11 Å². The molecule has 1 unspecified atom stereocenters. The molecule has 1 heterocycles. The standard InChI is InChI=1S/C13H14OS/c14-10-12(13-7-4-8-15-13)9-11-5-2-1-3-6-11/h1-8,12,14H,9-10H2. The highest BCUT2D eigenvalue weighted by Gasteiger charge is 2.11. The Morgan fingerprint density at radius 3 is 2.47 bits per heavy atom. The summed E-state index contributed by atoms with van der Waals surface area (Å²) in [5.41, 5.74) is 1.28. The first kappa shape index (κ1) is 10.4. The maximum atomic E-state index is 9.37. The first-order chi connectivity index (χ1) is 7.40. The molecule has 0 saturated carbocycles. The van der Waals surface area contributed by atoms with Crippen molar-refractivity contribution >= 4 is 11.3 Å².